The van der Waals surface area contributed by atoms with Gasteiger partial charge in [-0.2, -0.15) is 0 Å². The summed E-state index contributed by atoms with van der Waals surface area (Å²) >= 11 is 0. The first-order valence-corrected chi connectivity index (χ1v) is 5.98. The highest BCUT2D eigenvalue weighted by Crippen LogP contribution is 2.10. The number of hydrogen-bond acceptors (Lipinski definition) is 4. The molecule has 1 heterocycles. The molecule has 0 radical (unpaired) electrons. The van der Waals surface area contributed by atoms with Crippen LogP contribution in [0.5, 0.6) is 5.75 Å². The predicted molar refractivity (Wildman–Crippen MR) is 70.1 cm³/mol. The van der Waals surface area contributed by atoms with Gasteiger partial charge in [0, 0.05) is 12.1 Å². The summed E-state index contributed by atoms with van der Waals surface area (Å²) in [4.78, 5) is 14.8. The van der Waals surface area contributed by atoms with Crippen LogP contribution >= 0.6 is 0 Å². The largest absolute Gasteiger partial charge is 0.491 e. The second kappa shape index (κ2) is 6.35. The van der Waals surface area contributed by atoms with Crippen LogP contribution in [0.1, 0.15) is 32.9 Å². The van der Waals surface area contributed by atoms with Crippen LogP contribution in [0.15, 0.2) is 18.3 Å². The van der Waals surface area contributed by atoms with Crippen molar-refractivity contribution in [1.29, 1.82) is 0 Å². The summed E-state index contributed by atoms with van der Waals surface area (Å²) in [7, 11) is 0. The van der Waals surface area contributed by atoms with E-state index in [-0.39, 0.29) is 24.5 Å². The van der Waals surface area contributed by atoms with Gasteiger partial charge < -0.3 is 15.8 Å². The number of carbonyl (C=O) groups is 1. The normalized spacial score (nSPS) is 11.3. The van der Waals surface area contributed by atoms with Crippen LogP contribution in [-0.2, 0) is 11.3 Å². The van der Waals surface area contributed by atoms with Crippen LogP contribution in [0, 0.1) is 0 Å². The molecule has 5 nitrogen and oxygen atoms in total. The summed E-state index contributed by atoms with van der Waals surface area (Å²) < 4.78 is 5.33. The number of primary amides is 1. The van der Waals surface area contributed by atoms with Crippen molar-refractivity contribution in [1.82, 2.24) is 10.3 Å². The predicted octanol–water partition coefficient (Wildman–Crippen LogP) is 1.22. The lowest BCUT2D eigenvalue weighted by Gasteiger charge is -2.20. The molecular formula is C13H21N3O2. The van der Waals surface area contributed by atoms with E-state index >= 15 is 0 Å². The van der Waals surface area contributed by atoms with Gasteiger partial charge in [0.05, 0.1) is 24.9 Å². The number of pyridine rings is 1. The maximum absolute atomic E-state index is 10.5. The number of hydrogen-bond donors (Lipinski definition) is 2. The van der Waals surface area contributed by atoms with Crippen molar-refractivity contribution in [3.05, 3.63) is 24.0 Å². The standard InChI is InChI=1S/C13H21N3O2/c1-13(2,3)16-8-10-4-5-11(9-15-10)18-7-6-12(14)17/h4-5,9,16H,6-8H2,1-3H3,(H2,14,17). The summed E-state index contributed by atoms with van der Waals surface area (Å²) in [6.45, 7) is 7.32. The zero-order valence-electron chi connectivity index (χ0n) is 11.2. The van der Waals surface area contributed by atoms with Crippen LogP contribution in [0.25, 0.3) is 0 Å². The van der Waals surface area contributed by atoms with Gasteiger partial charge in [0.1, 0.15) is 5.75 Å². The fourth-order valence-corrected chi connectivity index (χ4v) is 1.23. The number of ether oxygens (including phenoxy) is 1. The van der Waals surface area contributed by atoms with E-state index in [1.54, 1.807) is 6.20 Å². The molecule has 0 aliphatic carbocycles. The Morgan fingerprint density at radius 1 is 1.44 bits per heavy atom. The molecule has 0 atom stereocenters. The molecule has 0 fully saturated rings. The first kappa shape index (κ1) is 14.4. The van der Waals surface area contributed by atoms with Crippen LogP contribution in [0.2, 0.25) is 0 Å². The van der Waals surface area contributed by atoms with E-state index < -0.39 is 0 Å². The third-order valence-electron chi connectivity index (χ3n) is 2.21. The monoisotopic (exact) mass is 251 g/mol. The average molecular weight is 251 g/mol. The Morgan fingerprint density at radius 3 is 2.67 bits per heavy atom. The lowest BCUT2D eigenvalue weighted by molar-refractivity contribution is -0.118. The fourth-order valence-electron chi connectivity index (χ4n) is 1.23. The van der Waals surface area contributed by atoms with E-state index in [1.807, 2.05) is 12.1 Å². The molecule has 1 aromatic heterocycles. The van der Waals surface area contributed by atoms with Gasteiger partial charge in [0.25, 0.3) is 0 Å². The Kier molecular flexibility index (Phi) is 5.09. The van der Waals surface area contributed by atoms with E-state index in [4.69, 9.17) is 10.5 Å². The highest BCUT2D eigenvalue weighted by Gasteiger charge is 2.08. The van der Waals surface area contributed by atoms with E-state index in [2.05, 4.69) is 31.1 Å². The van der Waals surface area contributed by atoms with Crippen molar-refractivity contribution < 1.29 is 9.53 Å². The minimum atomic E-state index is -0.367. The molecule has 0 aromatic carbocycles. The molecular weight excluding hydrogens is 230 g/mol. The number of aromatic nitrogens is 1. The van der Waals surface area contributed by atoms with Crippen molar-refractivity contribution in [2.24, 2.45) is 5.73 Å². The van der Waals surface area contributed by atoms with Crippen LogP contribution in [0.4, 0.5) is 0 Å². The van der Waals surface area contributed by atoms with Crippen LogP contribution in [0.3, 0.4) is 0 Å². The maximum atomic E-state index is 10.5. The molecule has 0 saturated carbocycles. The van der Waals surface area contributed by atoms with E-state index in [0.717, 1.165) is 5.69 Å². The molecule has 5 heteroatoms. The fraction of sp³-hybridized carbons (Fsp3) is 0.538. The van der Waals surface area contributed by atoms with Gasteiger partial charge in [-0.3, -0.25) is 9.78 Å². The second-order valence-corrected chi connectivity index (χ2v) is 5.15. The molecule has 0 bridgehead atoms. The molecule has 18 heavy (non-hydrogen) atoms. The Morgan fingerprint density at radius 2 is 2.17 bits per heavy atom. The number of rotatable bonds is 6. The Hall–Kier alpha value is -1.62. The van der Waals surface area contributed by atoms with Crippen molar-refractivity contribution in [2.45, 2.75) is 39.3 Å². The molecule has 1 rings (SSSR count). The molecule has 0 spiro atoms. The third kappa shape index (κ3) is 6.20. The second-order valence-electron chi connectivity index (χ2n) is 5.15. The van der Waals surface area contributed by atoms with Gasteiger partial charge in [0.2, 0.25) is 5.91 Å². The number of amides is 1. The number of nitrogens with two attached hydrogens (primary N) is 1. The van der Waals surface area contributed by atoms with Crippen molar-refractivity contribution in [2.75, 3.05) is 6.61 Å². The molecule has 1 aromatic rings. The molecule has 0 unspecified atom stereocenters. The zero-order chi connectivity index (χ0) is 13.6. The smallest absolute Gasteiger partial charge is 0.220 e. The Bertz CT molecular complexity index is 382. The van der Waals surface area contributed by atoms with Gasteiger partial charge in [-0.1, -0.05) is 0 Å². The SMILES string of the molecule is CC(C)(C)NCc1ccc(OCCC(N)=O)cn1. The molecule has 100 valence electrons. The van der Waals surface area contributed by atoms with Gasteiger partial charge in [0.15, 0.2) is 0 Å². The number of carbonyl (C=O) groups excluding carboxylic acids is 1. The van der Waals surface area contributed by atoms with Crippen molar-refractivity contribution in [3.63, 3.8) is 0 Å². The highest BCUT2D eigenvalue weighted by molar-refractivity contribution is 5.73. The van der Waals surface area contributed by atoms with E-state index in [9.17, 15) is 4.79 Å². The Labute approximate surface area is 108 Å². The molecule has 0 aliphatic rings. The van der Waals surface area contributed by atoms with Crippen molar-refractivity contribution in [3.8, 4) is 5.75 Å². The van der Waals surface area contributed by atoms with Gasteiger partial charge in [-0.15, -0.1) is 0 Å². The minimum Gasteiger partial charge on any atom is -0.491 e. The number of nitrogens with zero attached hydrogens (tertiary/aromatic N) is 1. The van der Waals surface area contributed by atoms with Gasteiger partial charge in [-0.25, -0.2) is 0 Å². The van der Waals surface area contributed by atoms with Gasteiger partial charge >= 0.3 is 0 Å². The first-order chi connectivity index (χ1) is 8.37. The summed E-state index contributed by atoms with van der Waals surface area (Å²) in [6, 6.07) is 3.74. The Balaban J connectivity index is 2.40. The zero-order valence-corrected chi connectivity index (χ0v) is 11.2. The topological polar surface area (TPSA) is 77.2 Å². The van der Waals surface area contributed by atoms with Crippen LogP contribution < -0.4 is 15.8 Å². The molecule has 3 N–H and O–H groups in total. The van der Waals surface area contributed by atoms with Crippen LogP contribution in [-0.4, -0.2) is 23.0 Å². The average Bonchev–Trinajstić information content (AvgIpc) is 2.26. The molecule has 0 aliphatic heterocycles. The van der Waals surface area contributed by atoms with Crippen molar-refractivity contribution >= 4 is 5.91 Å². The minimum absolute atomic E-state index is 0.0678. The van der Waals surface area contributed by atoms with E-state index in [1.165, 1.54) is 0 Å². The summed E-state index contributed by atoms with van der Waals surface area (Å²) in [6.07, 6.45) is 1.87. The lowest BCUT2D eigenvalue weighted by Crippen LogP contribution is -2.35. The summed E-state index contributed by atoms with van der Waals surface area (Å²) in [5.74, 6) is 0.282. The molecule has 0 saturated heterocycles. The summed E-state index contributed by atoms with van der Waals surface area (Å²) in [5, 5.41) is 3.35. The summed E-state index contributed by atoms with van der Waals surface area (Å²) in [5.41, 5.74) is 6.04. The third-order valence-corrected chi connectivity index (χ3v) is 2.21. The van der Waals surface area contributed by atoms with Gasteiger partial charge in [-0.05, 0) is 32.9 Å². The quantitative estimate of drug-likeness (QED) is 0.797. The first-order valence-electron chi connectivity index (χ1n) is 5.98. The highest BCUT2D eigenvalue weighted by atomic mass is 16.5. The molecule has 1 amide bonds. The van der Waals surface area contributed by atoms with E-state index in [0.29, 0.717) is 12.3 Å². The number of nitrogens with one attached hydrogen (secondary N) is 1. The maximum Gasteiger partial charge on any atom is 0.220 e. The lowest BCUT2D eigenvalue weighted by atomic mass is 10.1.